The van der Waals surface area contributed by atoms with E-state index in [0.717, 1.165) is 24.5 Å². The largest absolute Gasteiger partial charge is 0.478 e. The van der Waals surface area contributed by atoms with Crippen LogP contribution in [0.4, 0.5) is 17.1 Å². The third-order valence-electron chi connectivity index (χ3n) is 4.13. The number of nitrogens with one attached hydrogen (secondary N) is 2. The van der Waals surface area contributed by atoms with Gasteiger partial charge in [-0.15, -0.1) is 0 Å². The van der Waals surface area contributed by atoms with E-state index in [1.165, 1.54) is 30.5 Å². The molecule has 0 aliphatic rings. The van der Waals surface area contributed by atoms with Crippen LogP contribution in [0.25, 0.3) is 0 Å². The predicted molar refractivity (Wildman–Crippen MR) is 109 cm³/mol. The molecule has 0 aromatic heterocycles. The summed E-state index contributed by atoms with van der Waals surface area (Å²) in [4.78, 5) is 25.3. The van der Waals surface area contributed by atoms with Crippen molar-refractivity contribution >= 4 is 28.9 Å². The Kier molecular flexibility index (Phi) is 7.17. The lowest BCUT2D eigenvalue weighted by atomic mass is 10.2. The smallest absolute Gasteiger partial charge is 0.335 e. The number of carboxylic acids is 1. The van der Waals surface area contributed by atoms with Crippen molar-refractivity contribution in [3.63, 3.8) is 0 Å². The van der Waals surface area contributed by atoms with Crippen molar-refractivity contribution in [1.82, 2.24) is 0 Å². The number of nitrogens with zero attached hydrogens (tertiary/aromatic N) is 2. The van der Waals surface area contributed by atoms with Crippen LogP contribution in [0.1, 0.15) is 24.2 Å². The Bertz CT molecular complexity index is 893. The van der Waals surface area contributed by atoms with Crippen molar-refractivity contribution < 1.29 is 14.7 Å². The molecule has 0 bridgehead atoms. The van der Waals surface area contributed by atoms with E-state index in [0.29, 0.717) is 5.69 Å². The monoisotopic (exact) mass is 378 g/mol. The average molecular weight is 378 g/mol. The summed E-state index contributed by atoms with van der Waals surface area (Å²) in [5, 5.41) is 23.6. The maximum absolute atomic E-state index is 12.2. The molecule has 2 aromatic rings. The van der Waals surface area contributed by atoms with Crippen LogP contribution in [-0.4, -0.2) is 30.1 Å². The first kappa shape index (κ1) is 20.5. The summed E-state index contributed by atoms with van der Waals surface area (Å²) >= 11 is 0. The number of carbonyl (C=O) groups is 2. The van der Waals surface area contributed by atoms with Crippen molar-refractivity contribution in [2.24, 2.45) is 0 Å². The van der Waals surface area contributed by atoms with E-state index in [1.54, 1.807) is 0 Å². The Labute approximate surface area is 163 Å². The SMILES string of the molecule is CCN(CC)c1ccc(N/C=C(/C#N)C(=O)Nc2ccc(C(=O)O)cc2)cc1. The summed E-state index contributed by atoms with van der Waals surface area (Å²) in [6.07, 6.45) is 1.34. The number of carbonyl (C=O) groups excluding carboxylic acids is 1. The molecule has 7 nitrogen and oxygen atoms in total. The van der Waals surface area contributed by atoms with Gasteiger partial charge in [-0.05, 0) is 62.4 Å². The molecule has 0 fully saturated rings. The van der Waals surface area contributed by atoms with Crippen LogP contribution in [0.2, 0.25) is 0 Å². The molecule has 3 N–H and O–H groups in total. The van der Waals surface area contributed by atoms with Gasteiger partial charge >= 0.3 is 5.97 Å². The summed E-state index contributed by atoms with van der Waals surface area (Å²) in [6.45, 7) is 6.00. The minimum absolute atomic E-state index is 0.102. The predicted octanol–water partition coefficient (Wildman–Crippen LogP) is 3.69. The van der Waals surface area contributed by atoms with E-state index in [2.05, 4.69) is 29.4 Å². The standard InChI is InChI=1S/C21H22N4O3/c1-3-25(4-2)19-11-9-17(10-12-19)23-14-16(13-22)20(26)24-18-7-5-15(6-8-18)21(27)28/h5-12,14,23H,3-4H2,1-2H3,(H,24,26)(H,27,28)/b16-14-. The van der Waals surface area contributed by atoms with Gasteiger partial charge in [-0.2, -0.15) is 5.26 Å². The second-order valence-electron chi connectivity index (χ2n) is 5.87. The van der Waals surface area contributed by atoms with E-state index >= 15 is 0 Å². The molecular formula is C21H22N4O3. The van der Waals surface area contributed by atoms with Gasteiger partial charge in [0.2, 0.25) is 0 Å². The third kappa shape index (κ3) is 5.35. The molecule has 2 rings (SSSR count). The van der Waals surface area contributed by atoms with E-state index in [4.69, 9.17) is 5.11 Å². The van der Waals surface area contributed by atoms with Gasteiger partial charge < -0.3 is 20.6 Å². The van der Waals surface area contributed by atoms with Gasteiger partial charge in [0.05, 0.1) is 5.56 Å². The number of rotatable bonds is 8. The summed E-state index contributed by atoms with van der Waals surface area (Å²) in [5.74, 6) is -1.63. The van der Waals surface area contributed by atoms with Gasteiger partial charge in [0, 0.05) is 36.4 Å². The Morgan fingerprint density at radius 2 is 1.61 bits per heavy atom. The van der Waals surface area contributed by atoms with Crippen LogP contribution in [0.15, 0.2) is 60.3 Å². The van der Waals surface area contributed by atoms with Gasteiger partial charge in [-0.3, -0.25) is 4.79 Å². The Morgan fingerprint density at radius 3 is 2.11 bits per heavy atom. The molecule has 1 amide bonds. The van der Waals surface area contributed by atoms with Crippen LogP contribution >= 0.6 is 0 Å². The van der Waals surface area contributed by atoms with Crippen LogP contribution in [0.3, 0.4) is 0 Å². The first-order valence-corrected chi connectivity index (χ1v) is 8.85. The van der Waals surface area contributed by atoms with Gasteiger partial charge in [0.1, 0.15) is 11.6 Å². The Morgan fingerprint density at radius 1 is 1.04 bits per heavy atom. The van der Waals surface area contributed by atoms with Gasteiger partial charge in [0.25, 0.3) is 5.91 Å². The number of anilines is 3. The molecule has 0 aliphatic carbocycles. The molecule has 0 saturated heterocycles. The number of nitriles is 1. The fourth-order valence-corrected chi connectivity index (χ4v) is 2.56. The molecular weight excluding hydrogens is 356 g/mol. The fraction of sp³-hybridized carbons (Fsp3) is 0.190. The normalized spacial score (nSPS) is 10.7. The van der Waals surface area contributed by atoms with Crippen molar-refractivity contribution in [2.45, 2.75) is 13.8 Å². The molecule has 0 spiro atoms. The van der Waals surface area contributed by atoms with E-state index in [9.17, 15) is 14.9 Å². The topological polar surface area (TPSA) is 105 Å². The lowest BCUT2D eigenvalue weighted by molar-refractivity contribution is -0.112. The van der Waals surface area contributed by atoms with Crippen molar-refractivity contribution in [3.05, 3.63) is 65.9 Å². The summed E-state index contributed by atoms with van der Waals surface area (Å²) in [7, 11) is 0. The highest BCUT2D eigenvalue weighted by Gasteiger charge is 2.10. The Hall–Kier alpha value is -3.79. The van der Waals surface area contributed by atoms with Crippen LogP contribution in [-0.2, 0) is 4.79 Å². The molecule has 0 radical (unpaired) electrons. The first-order valence-electron chi connectivity index (χ1n) is 8.85. The van der Waals surface area contributed by atoms with Crippen molar-refractivity contribution in [2.75, 3.05) is 28.6 Å². The minimum atomic E-state index is -1.05. The highest BCUT2D eigenvalue weighted by molar-refractivity contribution is 6.06. The quantitative estimate of drug-likeness (QED) is 0.478. The second-order valence-corrected chi connectivity index (χ2v) is 5.87. The highest BCUT2D eigenvalue weighted by Crippen LogP contribution is 2.18. The van der Waals surface area contributed by atoms with E-state index < -0.39 is 11.9 Å². The Balaban J connectivity index is 2.03. The molecule has 0 heterocycles. The third-order valence-corrected chi connectivity index (χ3v) is 4.13. The first-order chi connectivity index (χ1) is 13.5. The van der Waals surface area contributed by atoms with Crippen molar-refractivity contribution in [1.29, 1.82) is 5.26 Å². The number of aromatic carboxylic acids is 1. The maximum Gasteiger partial charge on any atom is 0.335 e. The van der Waals surface area contributed by atoms with E-state index in [1.807, 2.05) is 30.3 Å². The highest BCUT2D eigenvalue weighted by atomic mass is 16.4. The molecule has 2 aromatic carbocycles. The van der Waals surface area contributed by atoms with Crippen LogP contribution in [0, 0.1) is 11.3 Å². The number of hydrogen-bond donors (Lipinski definition) is 3. The molecule has 7 heteroatoms. The average Bonchev–Trinajstić information content (AvgIpc) is 2.71. The second kappa shape index (κ2) is 9.78. The molecule has 28 heavy (non-hydrogen) atoms. The molecule has 0 saturated carbocycles. The van der Waals surface area contributed by atoms with Crippen molar-refractivity contribution in [3.8, 4) is 6.07 Å². The zero-order valence-corrected chi connectivity index (χ0v) is 15.8. The summed E-state index contributed by atoms with van der Waals surface area (Å²) in [6, 6.07) is 15.2. The zero-order chi connectivity index (χ0) is 20.5. The van der Waals surface area contributed by atoms with Crippen LogP contribution < -0.4 is 15.5 Å². The number of hydrogen-bond acceptors (Lipinski definition) is 5. The van der Waals surface area contributed by atoms with E-state index in [-0.39, 0.29) is 11.1 Å². The molecule has 0 atom stereocenters. The molecule has 0 aliphatic heterocycles. The number of benzene rings is 2. The molecule has 0 unspecified atom stereocenters. The van der Waals surface area contributed by atoms with Crippen LogP contribution in [0.5, 0.6) is 0 Å². The summed E-state index contributed by atoms with van der Waals surface area (Å²) in [5.41, 5.74) is 2.27. The van der Waals surface area contributed by atoms with Gasteiger partial charge in [-0.1, -0.05) is 0 Å². The lowest BCUT2D eigenvalue weighted by Crippen LogP contribution is -2.21. The number of carboxylic acid groups (broad SMARTS) is 1. The van der Waals surface area contributed by atoms with Gasteiger partial charge in [-0.25, -0.2) is 4.79 Å². The minimum Gasteiger partial charge on any atom is -0.478 e. The van der Waals surface area contributed by atoms with Gasteiger partial charge in [0.15, 0.2) is 0 Å². The summed E-state index contributed by atoms with van der Waals surface area (Å²) < 4.78 is 0. The molecule has 144 valence electrons. The zero-order valence-electron chi connectivity index (χ0n) is 15.8. The lowest BCUT2D eigenvalue weighted by Gasteiger charge is -2.21. The maximum atomic E-state index is 12.2. The number of amides is 1. The fourth-order valence-electron chi connectivity index (χ4n) is 2.56.